The monoisotopic (exact) mass is 350 g/mol. The van der Waals surface area contributed by atoms with Crippen molar-refractivity contribution in [2.24, 2.45) is 0 Å². The Morgan fingerprint density at radius 1 is 1.27 bits per heavy atom. The summed E-state index contributed by atoms with van der Waals surface area (Å²) in [4.78, 5) is 35.5. The van der Waals surface area contributed by atoms with Gasteiger partial charge in [-0.2, -0.15) is 0 Å². The molecule has 0 atom stereocenters. The van der Waals surface area contributed by atoms with Gasteiger partial charge >= 0.3 is 0 Å². The van der Waals surface area contributed by atoms with E-state index in [1.165, 1.54) is 19.6 Å². The van der Waals surface area contributed by atoms with Crippen molar-refractivity contribution in [3.63, 3.8) is 0 Å². The molecule has 3 rings (SSSR count). The van der Waals surface area contributed by atoms with Gasteiger partial charge in [-0.25, -0.2) is 4.98 Å². The highest BCUT2D eigenvalue weighted by molar-refractivity contribution is 6.19. The lowest BCUT2D eigenvalue weighted by atomic mass is 10.1. The van der Waals surface area contributed by atoms with Crippen molar-refractivity contribution in [2.45, 2.75) is 13.5 Å². The van der Waals surface area contributed by atoms with Crippen molar-refractivity contribution >= 4 is 22.4 Å². The first-order valence-electron chi connectivity index (χ1n) is 8.00. The van der Waals surface area contributed by atoms with Gasteiger partial charge < -0.3 is 15.0 Å². The van der Waals surface area contributed by atoms with Crippen molar-refractivity contribution < 1.29 is 9.53 Å². The zero-order valence-corrected chi connectivity index (χ0v) is 14.4. The predicted octanol–water partition coefficient (Wildman–Crippen LogP) is 2.01. The molecule has 7 heteroatoms. The summed E-state index contributed by atoms with van der Waals surface area (Å²) in [5.41, 5.74) is 1.60. The van der Waals surface area contributed by atoms with Crippen molar-refractivity contribution in [3.05, 3.63) is 76.3 Å². The van der Waals surface area contributed by atoms with E-state index in [1.54, 1.807) is 13.1 Å². The number of carbonyl (C=O) groups is 1. The number of aromatic amines is 1. The lowest BCUT2D eigenvalue weighted by molar-refractivity contribution is -0.115. The van der Waals surface area contributed by atoms with Crippen LogP contribution in [0.3, 0.4) is 0 Å². The van der Waals surface area contributed by atoms with Crippen LogP contribution in [-0.2, 0) is 16.1 Å². The smallest absolute Gasteiger partial charge is 0.258 e. The molecular weight excluding hydrogens is 332 g/mol. The largest absolute Gasteiger partial charge is 0.501 e. The number of fused-ring (bicyclic) bond motifs is 1. The molecule has 1 amide bonds. The van der Waals surface area contributed by atoms with Gasteiger partial charge in [0.2, 0.25) is 0 Å². The topological polar surface area (TPSA) is 97.0 Å². The van der Waals surface area contributed by atoms with Gasteiger partial charge in [0, 0.05) is 24.3 Å². The summed E-state index contributed by atoms with van der Waals surface area (Å²) < 4.78 is 5.19. The van der Waals surface area contributed by atoms with Crippen LogP contribution in [-0.4, -0.2) is 28.0 Å². The zero-order chi connectivity index (χ0) is 18.5. The SMILES string of the molecule is CO/C(C)=C(/C(=O)NCc1cccc2cccnc12)c1cnc[nH]c1=O. The lowest BCUT2D eigenvalue weighted by Gasteiger charge is -2.12. The molecule has 0 spiro atoms. The summed E-state index contributed by atoms with van der Waals surface area (Å²) in [6.07, 6.45) is 4.32. The summed E-state index contributed by atoms with van der Waals surface area (Å²) in [6, 6.07) is 9.60. The van der Waals surface area contributed by atoms with Crippen LogP contribution in [0.15, 0.2) is 59.6 Å². The number of carbonyl (C=O) groups excluding carboxylic acids is 1. The van der Waals surface area contributed by atoms with Crippen LogP contribution in [0.2, 0.25) is 0 Å². The minimum absolute atomic E-state index is 0.148. The van der Waals surface area contributed by atoms with Crippen LogP contribution in [0.25, 0.3) is 16.5 Å². The third-order valence-electron chi connectivity index (χ3n) is 4.03. The summed E-state index contributed by atoms with van der Waals surface area (Å²) in [5.74, 6) is -0.0900. The van der Waals surface area contributed by atoms with Gasteiger partial charge in [-0.05, 0) is 18.6 Å². The molecule has 3 aromatic rings. The second-order valence-electron chi connectivity index (χ2n) is 5.60. The fourth-order valence-electron chi connectivity index (χ4n) is 2.67. The van der Waals surface area contributed by atoms with Crippen molar-refractivity contribution in [3.8, 4) is 0 Å². The second-order valence-corrected chi connectivity index (χ2v) is 5.60. The molecule has 2 N–H and O–H groups in total. The number of pyridine rings is 1. The Balaban J connectivity index is 1.90. The van der Waals surface area contributed by atoms with Crippen LogP contribution in [0.5, 0.6) is 0 Å². The Labute approximate surface area is 149 Å². The van der Waals surface area contributed by atoms with E-state index in [9.17, 15) is 9.59 Å². The molecule has 0 aliphatic carbocycles. The maximum atomic E-state index is 12.8. The summed E-state index contributed by atoms with van der Waals surface area (Å²) in [5, 5.41) is 3.83. The Kier molecular flexibility index (Phi) is 5.07. The first-order valence-corrected chi connectivity index (χ1v) is 8.00. The predicted molar refractivity (Wildman–Crippen MR) is 98.1 cm³/mol. The number of methoxy groups -OCH3 is 1. The van der Waals surface area contributed by atoms with Crippen LogP contribution >= 0.6 is 0 Å². The molecule has 2 aromatic heterocycles. The number of rotatable bonds is 5. The van der Waals surface area contributed by atoms with Gasteiger partial charge in [-0.1, -0.05) is 24.3 Å². The quantitative estimate of drug-likeness (QED) is 0.542. The number of nitrogens with zero attached hydrogens (tertiary/aromatic N) is 2. The van der Waals surface area contributed by atoms with E-state index < -0.39 is 11.5 Å². The van der Waals surface area contributed by atoms with Gasteiger partial charge in [-0.15, -0.1) is 0 Å². The fourth-order valence-corrected chi connectivity index (χ4v) is 2.67. The van der Waals surface area contributed by atoms with E-state index in [2.05, 4.69) is 20.3 Å². The number of aromatic nitrogens is 3. The Hall–Kier alpha value is -3.48. The number of ether oxygens (including phenoxy) is 1. The fraction of sp³-hybridized carbons (Fsp3) is 0.158. The molecule has 7 nitrogen and oxygen atoms in total. The van der Waals surface area contributed by atoms with Crippen molar-refractivity contribution in [2.75, 3.05) is 7.11 Å². The molecule has 26 heavy (non-hydrogen) atoms. The number of para-hydroxylation sites is 1. The minimum Gasteiger partial charge on any atom is -0.501 e. The summed E-state index contributed by atoms with van der Waals surface area (Å²) >= 11 is 0. The van der Waals surface area contributed by atoms with Crippen LogP contribution < -0.4 is 10.9 Å². The first-order chi connectivity index (χ1) is 12.6. The summed E-state index contributed by atoms with van der Waals surface area (Å²) in [6.45, 7) is 1.90. The van der Waals surface area contributed by atoms with E-state index >= 15 is 0 Å². The summed E-state index contributed by atoms with van der Waals surface area (Å²) in [7, 11) is 1.45. The molecule has 0 unspecified atom stereocenters. The van der Waals surface area contributed by atoms with E-state index in [-0.39, 0.29) is 17.7 Å². The van der Waals surface area contributed by atoms with Crippen LogP contribution in [0.1, 0.15) is 18.1 Å². The number of nitrogens with one attached hydrogen (secondary N) is 2. The van der Waals surface area contributed by atoms with Crippen LogP contribution in [0.4, 0.5) is 0 Å². The number of amides is 1. The highest BCUT2D eigenvalue weighted by Crippen LogP contribution is 2.18. The molecule has 0 aliphatic rings. The lowest BCUT2D eigenvalue weighted by Crippen LogP contribution is -2.28. The average molecular weight is 350 g/mol. The molecular formula is C19H18N4O3. The first kappa shape index (κ1) is 17.3. The Morgan fingerprint density at radius 3 is 2.85 bits per heavy atom. The molecule has 132 valence electrons. The van der Waals surface area contributed by atoms with E-state index in [0.717, 1.165) is 16.5 Å². The minimum atomic E-state index is -0.421. The molecule has 2 heterocycles. The second kappa shape index (κ2) is 7.60. The van der Waals surface area contributed by atoms with Gasteiger partial charge in [0.25, 0.3) is 11.5 Å². The normalized spacial score (nSPS) is 11.8. The zero-order valence-electron chi connectivity index (χ0n) is 14.4. The van der Waals surface area contributed by atoms with Gasteiger partial charge in [0.1, 0.15) is 5.76 Å². The number of hydrogen-bond acceptors (Lipinski definition) is 5. The van der Waals surface area contributed by atoms with E-state index in [1.807, 2.05) is 30.3 Å². The molecule has 0 aliphatic heterocycles. The van der Waals surface area contributed by atoms with Crippen LogP contribution in [0, 0.1) is 0 Å². The number of benzene rings is 1. The molecule has 0 radical (unpaired) electrons. The number of hydrogen-bond donors (Lipinski definition) is 2. The van der Waals surface area contributed by atoms with E-state index in [4.69, 9.17) is 4.74 Å². The number of H-pyrrole nitrogens is 1. The highest BCUT2D eigenvalue weighted by Gasteiger charge is 2.19. The van der Waals surface area contributed by atoms with Crippen molar-refractivity contribution in [1.29, 1.82) is 0 Å². The molecule has 0 saturated carbocycles. The third kappa shape index (κ3) is 3.46. The maximum absolute atomic E-state index is 12.8. The third-order valence-corrected chi connectivity index (χ3v) is 4.03. The van der Waals surface area contributed by atoms with Crippen molar-refractivity contribution in [1.82, 2.24) is 20.3 Å². The van der Waals surface area contributed by atoms with Gasteiger partial charge in [0.15, 0.2) is 0 Å². The van der Waals surface area contributed by atoms with Gasteiger partial charge in [0.05, 0.1) is 30.1 Å². The molecule has 0 fully saturated rings. The highest BCUT2D eigenvalue weighted by atomic mass is 16.5. The Morgan fingerprint density at radius 2 is 2.08 bits per heavy atom. The average Bonchev–Trinajstić information content (AvgIpc) is 2.67. The van der Waals surface area contributed by atoms with E-state index in [0.29, 0.717) is 5.76 Å². The standard InChI is InChI=1S/C19H18N4O3/c1-12(26-2)16(15-10-20-11-23-18(15)24)19(25)22-9-14-6-3-5-13-7-4-8-21-17(13)14/h3-8,10-11H,9H2,1-2H3,(H,22,25)(H,20,23,24)/b16-12+. The molecule has 1 aromatic carbocycles. The molecule has 0 bridgehead atoms. The van der Waals surface area contributed by atoms with Gasteiger partial charge in [-0.3, -0.25) is 14.6 Å². The number of allylic oxidation sites excluding steroid dienone is 1. The maximum Gasteiger partial charge on any atom is 0.258 e. The molecule has 0 saturated heterocycles. The Bertz CT molecular complexity index is 1030.